The van der Waals surface area contributed by atoms with Crippen molar-refractivity contribution in [1.82, 2.24) is 0 Å². The number of amides is 1. The number of anilines is 1. The molecule has 0 fully saturated rings. The van der Waals surface area contributed by atoms with Crippen molar-refractivity contribution in [3.8, 4) is 6.07 Å². The van der Waals surface area contributed by atoms with E-state index in [4.69, 9.17) is 26.0 Å². The van der Waals surface area contributed by atoms with Crippen molar-refractivity contribution in [2.24, 2.45) is 0 Å². The predicted octanol–water partition coefficient (Wildman–Crippen LogP) is 3.42. The van der Waals surface area contributed by atoms with Gasteiger partial charge in [0, 0.05) is 11.8 Å². The normalized spacial score (nSPS) is 10.3. The summed E-state index contributed by atoms with van der Waals surface area (Å²) in [5, 5.41) is 11.9. The Morgan fingerprint density at radius 1 is 1.21 bits per heavy atom. The Hall–Kier alpha value is -3.63. The van der Waals surface area contributed by atoms with Gasteiger partial charge in [0.05, 0.1) is 16.0 Å². The Labute approximate surface area is 164 Å². The zero-order valence-electron chi connectivity index (χ0n) is 14.6. The number of ether oxygens (including phenoxy) is 1. The predicted molar refractivity (Wildman–Crippen MR) is 102 cm³/mol. The molecule has 7 nitrogen and oxygen atoms in total. The fourth-order valence-corrected chi connectivity index (χ4v) is 2.68. The van der Waals surface area contributed by atoms with Crippen molar-refractivity contribution >= 4 is 40.1 Å². The summed E-state index contributed by atoms with van der Waals surface area (Å²) in [6.45, 7) is 1.24. The second-order valence-corrected chi connectivity index (χ2v) is 6.31. The molecule has 0 aliphatic heterocycles. The highest BCUT2D eigenvalue weighted by molar-refractivity contribution is 6.32. The Bertz CT molecular complexity index is 1190. The molecular weight excluding hydrogens is 384 g/mol. The highest BCUT2D eigenvalue weighted by Gasteiger charge is 2.16. The summed E-state index contributed by atoms with van der Waals surface area (Å²) in [5.41, 5.74) is 1.37. The molecule has 0 bridgehead atoms. The average molecular weight is 397 g/mol. The van der Waals surface area contributed by atoms with Gasteiger partial charge in [-0.15, -0.1) is 0 Å². The van der Waals surface area contributed by atoms with Gasteiger partial charge in [0.25, 0.3) is 5.91 Å². The van der Waals surface area contributed by atoms with Crippen LogP contribution in [0.4, 0.5) is 5.69 Å². The molecule has 0 aliphatic carbocycles. The molecule has 0 radical (unpaired) electrons. The number of halogens is 1. The molecule has 3 rings (SSSR count). The lowest BCUT2D eigenvalue weighted by molar-refractivity contribution is -0.119. The first-order chi connectivity index (χ1) is 13.4. The van der Waals surface area contributed by atoms with Crippen molar-refractivity contribution in [3.63, 3.8) is 0 Å². The summed E-state index contributed by atoms with van der Waals surface area (Å²) in [5.74, 6) is -1.85. The summed E-state index contributed by atoms with van der Waals surface area (Å²) >= 11 is 5.89. The monoisotopic (exact) mass is 396 g/mol. The molecular formula is C20H13ClN2O5. The number of nitrogens with zero attached hydrogens (tertiary/aromatic N) is 1. The number of nitrogens with one attached hydrogen (secondary N) is 1. The molecule has 3 aromatic rings. The van der Waals surface area contributed by atoms with Gasteiger partial charge >= 0.3 is 5.97 Å². The maximum atomic E-state index is 12.1. The average Bonchev–Trinajstić information content (AvgIpc) is 2.66. The number of carbonyl (C=O) groups excluding carboxylic acids is 2. The van der Waals surface area contributed by atoms with Gasteiger partial charge in [0.15, 0.2) is 12.0 Å². The molecule has 0 saturated heterocycles. The SMILES string of the molecule is Cc1ccc2oc(C(=O)OCC(=O)Nc3ccc(C#N)c(Cl)c3)cc(=O)c2c1. The van der Waals surface area contributed by atoms with Crippen LogP contribution in [-0.4, -0.2) is 18.5 Å². The molecule has 1 heterocycles. The lowest BCUT2D eigenvalue weighted by Gasteiger charge is -2.07. The minimum Gasteiger partial charge on any atom is -0.450 e. The van der Waals surface area contributed by atoms with Crippen LogP contribution in [0.25, 0.3) is 11.0 Å². The van der Waals surface area contributed by atoms with Crippen LogP contribution in [0.5, 0.6) is 0 Å². The molecule has 0 unspecified atom stereocenters. The van der Waals surface area contributed by atoms with Crippen LogP contribution in [0.2, 0.25) is 5.02 Å². The molecule has 1 N–H and O–H groups in total. The van der Waals surface area contributed by atoms with Gasteiger partial charge in [-0.3, -0.25) is 9.59 Å². The van der Waals surface area contributed by atoms with Crippen molar-refractivity contribution in [2.75, 3.05) is 11.9 Å². The zero-order valence-corrected chi connectivity index (χ0v) is 15.4. The third kappa shape index (κ3) is 4.19. The second-order valence-electron chi connectivity index (χ2n) is 5.91. The number of aryl methyl sites for hydroxylation is 1. The number of nitriles is 1. The lowest BCUT2D eigenvalue weighted by atomic mass is 10.1. The summed E-state index contributed by atoms with van der Waals surface area (Å²) in [6, 6.07) is 12.3. The molecule has 2 aromatic carbocycles. The van der Waals surface area contributed by atoms with Crippen molar-refractivity contribution in [3.05, 3.63) is 74.6 Å². The van der Waals surface area contributed by atoms with E-state index in [2.05, 4.69) is 5.32 Å². The lowest BCUT2D eigenvalue weighted by Crippen LogP contribution is -2.21. The van der Waals surface area contributed by atoms with Crippen molar-refractivity contribution < 1.29 is 18.7 Å². The highest BCUT2D eigenvalue weighted by Crippen LogP contribution is 2.20. The smallest absolute Gasteiger partial charge is 0.374 e. The first-order valence-electron chi connectivity index (χ1n) is 8.08. The van der Waals surface area contributed by atoms with Gasteiger partial charge in [0.2, 0.25) is 5.76 Å². The van der Waals surface area contributed by atoms with E-state index in [9.17, 15) is 14.4 Å². The summed E-state index contributed by atoms with van der Waals surface area (Å²) in [4.78, 5) is 36.2. The number of carbonyl (C=O) groups is 2. The number of fused-ring (bicyclic) bond motifs is 1. The van der Waals surface area contributed by atoms with Crippen LogP contribution in [0.15, 0.2) is 51.7 Å². The topological polar surface area (TPSA) is 109 Å². The van der Waals surface area contributed by atoms with E-state index >= 15 is 0 Å². The van der Waals surface area contributed by atoms with Gasteiger partial charge in [-0.2, -0.15) is 5.26 Å². The number of benzene rings is 2. The van der Waals surface area contributed by atoms with E-state index in [1.54, 1.807) is 18.2 Å². The molecule has 140 valence electrons. The Morgan fingerprint density at radius 2 is 2.00 bits per heavy atom. The maximum Gasteiger partial charge on any atom is 0.374 e. The fraction of sp³-hybridized carbons (Fsp3) is 0.100. The Balaban J connectivity index is 1.67. The van der Waals surface area contributed by atoms with Crippen LogP contribution >= 0.6 is 11.6 Å². The molecule has 0 spiro atoms. The van der Waals surface area contributed by atoms with E-state index in [1.165, 1.54) is 18.2 Å². The molecule has 28 heavy (non-hydrogen) atoms. The number of rotatable bonds is 4. The fourth-order valence-electron chi connectivity index (χ4n) is 2.45. The number of esters is 1. The largest absolute Gasteiger partial charge is 0.450 e. The van der Waals surface area contributed by atoms with E-state index in [0.717, 1.165) is 11.6 Å². The van der Waals surface area contributed by atoms with Gasteiger partial charge in [0.1, 0.15) is 11.7 Å². The zero-order chi connectivity index (χ0) is 20.3. The maximum absolute atomic E-state index is 12.1. The first-order valence-corrected chi connectivity index (χ1v) is 8.46. The van der Waals surface area contributed by atoms with Crippen LogP contribution in [0.3, 0.4) is 0 Å². The molecule has 8 heteroatoms. The minimum atomic E-state index is -0.937. The number of hydrogen-bond acceptors (Lipinski definition) is 6. The quantitative estimate of drug-likeness (QED) is 0.676. The van der Waals surface area contributed by atoms with E-state index in [1.807, 2.05) is 13.0 Å². The number of hydrogen-bond donors (Lipinski definition) is 1. The highest BCUT2D eigenvalue weighted by atomic mass is 35.5. The first kappa shape index (κ1) is 19.1. The molecule has 0 saturated carbocycles. The van der Waals surface area contributed by atoms with Gasteiger partial charge < -0.3 is 14.5 Å². The molecule has 0 aliphatic rings. The van der Waals surface area contributed by atoms with E-state index < -0.39 is 18.5 Å². The minimum absolute atomic E-state index is 0.186. The summed E-state index contributed by atoms with van der Waals surface area (Å²) in [6.07, 6.45) is 0. The van der Waals surface area contributed by atoms with Crippen LogP contribution in [-0.2, 0) is 9.53 Å². The van der Waals surface area contributed by atoms with Crippen molar-refractivity contribution in [1.29, 1.82) is 5.26 Å². The standard InChI is InChI=1S/C20H13ClN2O5/c1-11-2-5-17-14(6-11)16(24)8-18(28-17)20(26)27-10-19(25)23-13-4-3-12(9-22)15(21)7-13/h2-8H,10H2,1H3,(H,23,25). The van der Waals surface area contributed by atoms with E-state index in [0.29, 0.717) is 11.1 Å². The van der Waals surface area contributed by atoms with Gasteiger partial charge in [-0.25, -0.2) is 4.79 Å². The van der Waals surface area contributed by atoms with Gasteiger partial charge in [-0.1, -0.05) is 23.2 Å². The van der Waals surface area contributed by atoms with Crippen LogP contribution < -0.4 is 10.7 Å². The van der Waals surface area contributed by atoms with Crippen molar-refractivity contribution in [2.45, 2.75) is 6.92 Å². The van der Waals surface area contributed by atoms with Crippen LogP contribution in [0, 0.1) is 18.3 Å². The third-order valence-corrected chi connectivity index (χ3v) is 4.10. The van der Waals surface area contributed by atoms with Gasteiger partial charge in [-0.05, 0) is 37.3 Å². The third-order valence-electron chi connectivity index (χ3n) is 3.79. The Morgan fingerprint density at radius 3 is 2.71 bits per heavy atom. The molecule has 0 atom stereocenters. The summed E-state index contributed by atoms with van der Waals surface area (Å²) < 4.78 is 10.3. The second kappa shape index (κ2) is 7.94. The molecule has 1 aromatic heterocycles. The summed E-state index contributed by atoms with van der Waals surface area (Å²) in [7, 11) is 0. The van der Waals surface area contributed by atoms with Crippen LogP contribution in [0.1, 0.15) is 21.7 Å². The molecule has 1 amide bonds. The van der Waals surface area contributed by atoms with E-state index in [-0.39, 0.29) is 27.4 Å². The Kier molecular flexibility index (Phi) is 5.43.